The Morgan fingerprint density at radius 2 is 2.22 bits per heavy atom. The maximum absolute atomic E-state index is 6.13. The topological polar surface area (TPSA) is 66.0 Å². The van der Waals surface area contributed by atoms with E-state index in [1.54, 1.807) is 10.9 Å². The highest BCUT2D eigenvalue weighted by Gasteiger charge is 2.11. The zero-order valence-corrected chi connectivity index (χ0v) is 11.1. The average Bonchev–Trinajstić information content (AvgIpc) is 2.62. The fourth-order valence-electron chi connectivity index (χ4n) is 1.61. The molecular weight excluding hydrogens is 252 g/mol. The average molecular weight is 267 g/mol. The maximum atomic E-state index is 6.13. The first-order valence-electron chi connectivity index (χ1n) is 5.57. The van der Waals surface area contributed by atoms with E-state index in [0.717, 1.165) is 17.1 Å². The number of halogens is 1. The van der Waals surface area contributed by atoms with E-state index in [1.807, 2.05) is 26.1 Å². The molecule has 6 heteroatoms. The minimum Gasteiger partial charge on any atom is -0.486 e. The van der Waals surface area contributed by atoms with Crippen molar-refractivity contribution in [2.24, 2.45) is 12.8 Å². The van der Waals surface area contributed by atoms with Crippen LogP contribution in [0.3, 0.4) is 0 Å². The van der Waals surface area contributed by atoms with Gasteiger partial charge in [0.15, 0.2) is 0 Å². The SMILES string of the molecule is Cc1nn(C)c(COc2ccc(CN)nc2)c1Cl. The zero-order valence-electron chi connectivity index (χ0n) is 10.4. The van der Waals surface area contributed by atoms with Crippen molar-refractivity contribution in [3.8, 4) is 5.75 Å². The van der Waals surface area contributed by atoms with Gasteiger partial charge in [-0.2, -0.15) is 5.10 Å². The molecule has 0 aliphatic heterocycles. The summed E-state index contributed by atoms with van der Waals surface area (Å²) >= 11 is 6.13. The van der Waals surface area contributed by atoms with Gasteiger partial charge < -0.3 is 10.5 Å². The summed E-state index contributed by atoms with van der Waals surface area (Å²) in [4.78, 5) is 4.15. The van der Waals surface area contributed by atoms with Gasteiger partial charge in [0.2, 0.25) is 0 Å². The Morgan fingerprint density at radius 3 is 2.72 bits per heavy atom. The molecule has 0 bridgehead atoms. The quantitative estimate of drug-likeness (QED) is 0.917. The molecule has 2 aromatic heterocycles. The number of ether oxygens (including phenoxy) is 1. The second kappa shape index (κ2) is 5.37. The minimum absolute atomic E-state index is 0.361. The van der Waals surface area contributed by atoms with Gasteiger partial charge in [-0.1, -0.05) is 11.6 Å². The summed E-state index contributed by atoms with van der Waals surface area (Å²) in [6.45, 7) is 2.65. The summed E-state index contributed by atoms with van der Waals surface area (Å²) in [7, 11) is 1.84. The Kier molecular flexibility index (Phi) is 3.84. The number of aromatic nitrogens is 3. The Morgan fingerprint density at radius 1 is 1.44 bits per heavy atom. The van der Waals surface area contributed by atoms with Crippen molar-refractivity contribution in [1.29, 1.82) is 0 Å². The third kappa shape index (κ3) is 2.63. The number of hydrogen-bond acceptors (Lipinski definition) is 4. The molecule has 0 saturated carbocycles. The van der Waals surface area contributed by atoms with Crippen LogP contribution in [-0.4, -0.2) is 14.8 Å². The smallest absolute Gasteiger partial charge is 0.138 e. The molecule has 0 amide bonds. The van der Waals surface area contributed by atoms with Crippen LogP contribution in [0, 0.1) is 6.92 Å². The number of aryl methyl sites for hydroxylation is 2. The van der Waals surface area contributed by atoms with E-state index in [9.17, 15) is 0 Å². The van der Waals surface area contributed by atoms with Crippen molar-refractivity contribution in [3.05, 3.63) is 40.4 Å². The molecule has 0 aliphatic rings. The van der Waals surface area contributed by atoms with Gasteiger partial charge in [0, 0.05) is 13.6 Å². The predicted molar refractivity (Wildman–Crippen MR) is 69.4 cm³/mol. The van der Waals surface area contributed by atoms with E-state index in [0.29, 0.717) is 23.9 Å². The number of pyridine rings is 1. The lowest BCUT2D eigenvalue weighted by molar-refractivity contribution is 0.293. The molecule has 0 aliphatic carbocycles. The van der Waals surface area contributed by atoms with Crippen LogP contribution in [0.15, 0.2) is 18.3 Å². The highest BCUT2D eigenvalue weighted by molar-refractivity contribution is 6.31. The summed E-state index contributed by atoms with van der Waals surface area (Å²) in [5.41, 5.74) is 7.95. The second-order valence-corrected chi connectivity index (χ2v) is 4.33. The third-order valence-corrected chi connectivity index (χ3v) is 3.14. The summed E-state index contributed by atoms with van der Waals surface area (Å²) < 4.78 is 7.34. The van der Waals surface area contributed by atoms with Crippen LogP contribution in [0.4, 0.5) is 0 Å². The van der Waals surface area contributed by atoms with E-state index in [-0.39, 0.29) is 0 Å². The number of hydrogen-bond donors (Lipinski definition) is 1. The van der Waals surface area contributed by atoms with Crippen LogP contribution in [0.1, 0.15) is 17.1 Å². The van der Waals surface area contributed by atoms with Gasteiger partial charge in [-0.25, -0.2) is 0 Å². The van der Waals surface area contributed by atoms with E-state index in [4.69, 9.17) is 22.1 Å². The van der Waals surface area contributed by atoms with E-state index in [2.05, 4.69) is 10.1 Å². The highest BCUT2D eigenvalue weighted by atomic mass is 35.5. The van der Waals surface area contributed by atoms with Crippen molar-refractivity contribution in [1.82, 2.24) is 14.8 Å². The summed E-state index contributed by atoms with van der Waals surface area (Å²) in [6.07, 6.45) is 1.65. The molecule has 2 aromatic rings. The Labute approximate surface area is 111 Å². The first kappa shape index (κ1) is 12.9. The van der Waals surface area contributed by atoms with Gasteiger partial charge in [0.1, 0.15) is 12.4 Å². The molecule has 0 saturated heterocycles. The zero-order chi connectivity index (χ0) is 13.1. The molecule has 0 spiro atoms. The van der Waals surface area contributed by atoms with E-state index in [1.165, 1.54) is 0 Å². The maximum Gasteiger partial charge on any atom is 0.138 e. The number of nitrogens with zero attached hydrogens (tertiary/aromatic N) is 3. The Bertz CT molecular complexity index is 536. The normalized spacial score (nSPS) is 10.7. The molecule has 2 rings (SSSR count). The molecule has 5 nitrogen and oxygen atoms in total. The van der Waals surface area contributed by atoms with Crippen molar-refractivity contribution >= 4 is 11.6 Å². The standard InChI is InChI=1S/C12H15ClN4O/c1-8-12(13)11(17(2)16-8)7-18-10-4-3-9(5-14)15-6-10/h3-4,6H,5,7,14H2,1-2H3. The lowest BCUT2D eigenvalue weighted by Crippen LogP contribution is -2.04. The lowest BCUT2D eigenvalue weighted by atomic mass is 10.3. The Hall–Kier alpha value is -1.59. The van der Waals surface area contributed by atoms with Gasteiger partial charge in [-0.3, -0.25) is 9.67 Å². The van der Waals surface area contributed by atoms with Gasteiger partial charge >= 0.3 is 0 Å². The van der Waals surface area contributed by atoms with Crippen LogP contribution >= 0.6 is 11.6 Å². The predicted octanol–water partition coefficient (Wildman–Crippen LogP) is 1.81. The molecule has 0 fully saturated rings. The third-order valence-electron chi connectivity index (χ3n) is 2.64. The minimum atomic E-state index is 0.361. The van der Waals surface area contributed by atoms with Crippen molar-refractivity contribution in [2.75, 3.05) is 0 Å². The molecule has 0 unspecified atom stereocenters. The van der Waals surface area contributed by atoms with E-state index < -0.39 is 0 Å². The summed E-state index contributed by atoms with van der Waals surface area (Å²) in [5.74, 6) is 0.683. The van der Waals surface area contributed by atoms with Crippen molar-refractivity contribution < 1.29 is 4.74 Å². The molecule has 96 valence electrons. The van der Waals surface area contributed by atoms with Crippen molar-refractivity contribution in [3.63, 3.8) is 0 Å². The monoisotopic (exact) mass is 266 g/mol. The van der Waals surface area contributed by atoms with Crippen LogP contribution < -0.4 is 10.5 Å². The highest BCUT2D eigenvalue weighted by Crippen LogP contribution is 2.21. The molecule has 0 radical (unpaired) electrons. The lowest BCUT2D eigenvalue weighted by Gasteiger charge is -2.07. The molecule has 18 heavy (non-hydrogen) atoms. The van der Waals surface area contributed by atoms with Crippen LogP contribution in [0.25, 0.3) is 0 Å². The molecule has 2 N–H and O–H groups in total. The summed E-state index contributed by atoms with van der Waals surface area (Å²) in [6, 6.07) is 3.68. The molecule has 0 atom stereocenters. The molecular formula is C12H15ClN4O. The fraction of sp³-hybridized carbons (Fsp3) is 0.333. The number of nitrogens with two attached hydrogens (primary N) is 1. The van der Waals surface area contributed by atoms with Gasteiger partial charge in [0.25, 0.3) is 0 Å². The van der Waals surface area contributed by atoms with Crippen LogP contribution in [0.2, 0.25) is 5.02 Å². The van der Waals surface area contributed by atoms with Gasteiger partial charge in [-0.15, -0.1) is 0 Å². The van der Waals surface area contributed by atoms with Gasteiger partial charge in [-0.05, 0) is 19.1 Å². The summed E-state index contributed by atoms with van der Waals surface area (Å²) in [5, 5.41) is 4.87. The first-order chi connectivity index (χ1) is 8.61. The van der Waals surface area contributed by atoms with Crippen molar-refractivity contribution in [2.45, 2.75) is 20.1 Å². The van der Waals surface area contributed by atoms with Crippen LogP contribution in [-0.2, 0) is 20.2 Å². The van der Waals surface area contributed by atoms with E-state index >= 15 is 0 Å². The molecule has 0 aromatic carbocycles. The van der Waals surface area contributed by atoms with Gasteiger partial charge in [0.05, 0.1) is 28.3 Å². The Balaban J connectivity index is 2.06. The largest absolute Gasteiger partial charge is 0.486 e. The number of rotatable bonds is 4. The second-order valence-electron chi connectivity index (χ2n) is 3.95. The molecule has 2 heterocycles. The first-order valence-corrected chi connectivity index (χ1v) is 5.95. The van der Waals surface area contributed by atoms with Crippen LogP contribution in [0.5, 0.6) is 5.75 Å². The fourth-order valence-corrected chi connectivity index (χ4v) is 1.82.